The number of nitrogens with one attached hydrogen (secondary N) is 3. The molecule has 4 aromatic rings. The van der Waals surface area contributed by atoms with Crippen LogP contribution < -0.4 is 16.1 Å². The number of amides is 3. The second kappa shape index (κ2) is 27.2. The maximum atomic E-state index is 12.7. The number of anilines is 2. The zero-order valence-electron chi connectivity index (χ0n) is 31.6. The molecule has 2 unspecified atom stereocenters. The summed E-state index contributed by atoms with van der Waals surface area (Å²) < 4.78 is 18.5. The minimum atomic E-state index is -0.587. The Bertz CT molecular complexity index is 1600. The van der Waals surface area contributed by atoms with E-state index in [1.165, 1.54) is 7.11 Å². The van der Waals surface area contributed by atoms with Crippen molar-refractivity contribution in [2.24, 2.45) is 0 Å². The Morgan fingerprint density at radius 1 is 0.571 bits per heavy atom. The van der Waals surface area contributed by atoms with Crippen molar-refractivity contribution in [1.29, 1.82) is 0 Å². The fourth-order valence-corrected chi connectivity index (χ4v) is 5.88. The lowest BCUT2D eigenvalue weighted by Gasteiger charge is -2.18. The molecule has 11 nitrogen and oxygen atoms in total. The molecule has 4 aromatic carbocycles. The number of rotatable bonds is 22. The van der Waals surface area contributed by atoms with Gasteiger partial charge in [0.05, 0.1) is 20.3 Å². The smallest absolute Gasteiger partial charge is 0.305 e. The highest BCUT2D eigenvalue weighted by Crippen LogP contribution is 2.18. The minimum absolute atomic E-state index is 0.156. The molecule has 0 saturated heterocycles. The highest BCUT2D eigenvalue weighted by molar-refractivity contribution is 9.10. The summed E-state index contributed by atoms with van der Waals surface area (Å²) in [5.41, 5.74) is 5.09. The van der Waals surface area contributed by atoms with E-state index >= 15 is 0 Å². The van der Waals surface area contributed by atoms with Gasteiger partial charge in [-0.2, -0.15) is 0 Å². The molecular formula is C43H51Br2N3O8. The molecule has 0 fully saturated rings. The van der Waals surface area contributed by atoms with Crippen molar-refractivity contribution in [3.05, 3.63) is 129 Å². The predicted octanol–water partition coefficient (Wildman–Crippen LogP) is 9.53. The van der Waals surface area contributed by atoms with Gasteiger partial charge in [-0.15, -0.1) is 0 Å². The number of ether oxygens (including phenoxy) is 3. The average molecular weight is 898 g/mol. The molecular weight excluding hydrogens is 846 g/mol. The Morgan fingerprint density at radius 2 is 0.982 bits per heavy atom. The van der Waals surface area contributed by atoms with Crippen molar-refractivity contribution in [2.45, 2.75) is 89.6 Å². The number of carbonyl (C=O) groups is 4. The monoisotopic (exact) mass is 895 g/mol. The fourth-order valence-electron chi connectivity index (χ4n) is 5.35. The van der Waals surface area contributed by atoms with Gasteiger partial charge in [0, 0.05) is 33.2 Å². The summed E-state index contributed by atoms with van der Waals surface area (Å²) >= 11 is 6.81. The molecule has 0 aliphatic carbocycles. The molecule has 0 heterocycles. The zero-order valence-corrected chi connectivity index (χ0v) is 34.8. The van der Waals surface area contributed by atoms with Crippen LogP contribution in [0.15, 0.2) is 118 Å². The largest absolute Gasteiger partial charge is 0.469 e. The second-order valence-electron chi connectivity index (χ2n) is 12.9. The summed E-state index contributed by atoms with van der Waals surface area (Å²) in [7, 11) is 1.39. The maximum absolute atomic E-state index is 12.7. The number of hydroxylamine groups is 1. The maximum Gasteiger partial charge on any atom is 0.305 e. The van der Waals surface area contributed by atoms with Gasteiger partial charge in [-0.25, -0.2) is 5.48 Å². The van der Waals surface area contributed by atoms with Crippen LogP contribution in [-0.2, 0) is 46.6 Å². The number of benzene rings is 4. The van der Waals surface area contributed by atoms with Crippen molar-refractivity contribution in [3.63, 3.8) is 0 Å². The van der Waals surface area contributed by atoms with Crippen LogP contribution in [0.1, 0.15) is 75.3 Å². The lowest BCUT2D eigenvalue weighted by Crippen LogP contribution is -2.30. The number of carbonyl (C=O) groups excluding carboxylic acids is 4. The molecule has 0 aliphatic heterocycles. The molecule has 0 spiro atoms. The van der Waals surface area contributed by atoms with Crippen LogP contribution in [0.2, 0.25) is 0 Å². The first-order chi connectivity index (χ1) is 27.2. The van der Waals surface area contributed by atoms with Crippen LogP contribution in [0.25, 0.3) is 0 Å². The summed E-state index contributed by atoms with van der Waals surface area (Å²) in [5.74, 6) is -0.942. The van der Waals surface area contributed by atoms with Crippen LogP contribution in [0.3, 0.4) is 0 Å². The summed E-state index contributed by atoms with van der Waals surface area (Å²) in [6, 6.07) is 34.2. The number of unbranched alkanes of at least 4 members (excludes halogenated alkanes) is 4. The zero-order chi connectivity index (χ0) is 40.4. The van der Waals surface area contributed by atoms with Crippen LogP contribution >= 0.6 is 31.9 Å². The summed E-state index contributed by atoms with van der Waals surface area (Å²) in [4.78, 5) is 47.6. The predicted molar refractivity (Wildman–Crippen MR) is 224 cm³/mol. The molecule has 0 radical (unpaired) electrons. The minimum Gasteiger partial charge on any atom is -0.469 e. The van der Waals surface area contributed by atoms with E-state index in [9.17, 15) is 19.2 Å². The number of hydrogen-bond acceptors (Lipinski definition) is 8. The van der Waals surface area contributed by atoms with E-state index in [2.05, 4.69) is 47.2 Å². The highest BCUT2D eigenvalue weighted by Gasteiger charge is 2.21. The third kappa shape index (κ3) is 19.5. The standard InChI is InChI=1S/C22H26BrNO4.C21H25BrN2O4/c1-27-21(25)11-7-3-6-10-20(22(26)24-19-8-4-2-5-9-19)28-16-17-12-14-18(23)15-13-17;22-17-13-11-16(12-14-17)15-28-19(9-5-2-6-10-20(25)24-27)21(26)23-18-7-3-1-4-8-18/h2,4-5,8-9,12-15,20H,3,6-7,10-11,16H2,1H3,(H,24,26);1,3-4,7-8,11-14,19,27H,2,5-6,9-10,15H2,(H,23,26)(H,24,25). The van der Waals surface area contributed by atoms with Gasteiger partial charge in [0.15, 0.2) is 0 Å². The Kier molecular flexibility index (Phi) is 22.4. The van der Waals surface area contributed by atoms with Gasteiger partial charge in [-0.3, -0.25) is 24.4 Å². The first-order valence-corrected chi connectivity index (χ1v) is 20.2. The molecule has 0 saturated carbocycles. The molecule has 56 heavy (non-hydrogen) atoms. The van der Waals surface area contributed by atoms with Crippen molar-refractivity contribution in [3.8, 4) is 0 Å². The van der Waals surface area contributed by atoms with Crippen molar-refractivity contribution >= 4 is 66.9 Å². The molecule has 3 amide bonds. The molecule has 0 aromatic heterocycles. The highest BCUT2D eigenvalue weighted by atomic mass is 79.9. The van der Waals surface area contributed by atoms with Gasteiger partial charge in [-0.1, -0.05) is 118 Å². The normalized spacial score (nSPS) is 11.6. The van der Waals surface area contributed by atoms with E-state index in [1.807, 2.05) is 109 Å². The van der Waals surface area contributed by atoms with Gasteiger partial charge >= 0.3 is 5.97 Å². The molecule has 4 rings (SSSR count). The van der Waals surface area contributed by atoms with E-state index in [0.29, 0.717) is 38.9 Å². The van der Waals surface area contributed by atoms with Gasteiger partial charge in [0.2, 0.25) is 5.91 Å². The van der Waals surface area contributed by atoms with Gasteiger partial charge < -0.3 is 24.8 Å². The Balaban J connectivity index is 0.000000300. The van der Waals surface area contributed by atoms with E-state index < -0.39 is 18.1 Å². The summed E-state index contributed by atoms with van der Waals surface area (Å²) in [5, 5.41) is 14.3. The second-order valence-corrected chi connectivity index (χ2v) is 14.7. The number of methoxy groups -OCH3 is 1. The number of esters is 1. The van der Waals surface area contributed by atoms with Crippen LogP contribution in [-0.4, -0.2) is 48.2 Å². The van der Waals surface area contributed by atoms with E-state index in [1.54, 1.807) is 5.48 Å². The summed E-state index contributed by atoms with van der Waals surface area (Å²) in [6.07, 6.45) is 5.20. The third-order valence-electron chi connectivity index (χ3n) is 8.47. The van der Waals surface area contributed by atoms with Crippen molar-refractivity contribution in [1.82, 2.24) is 5.48 Å². The van der Waals surface area contributed by atoms with Gasteiger partial charge in [0.25, 0.3) is 11.8 Å². The molecule has 0 aliphatic rings. The summed E-state index contributed by atoms with van der Waals surface area (Å²) in [6.45, 7) is 0.704. The lowest BCUT2D eigenvalue weighted by molar-refractivity contribution is -0.140. The van der Waals surface area contributed by atoms with Crippen LogP contribution in [0.5, 0.6) is 0 Å². The van der Waals surface area contributed by atoms with Crippen LogP contribution in [0, 0.1) is 0 Å². The molecule has 13 heteroatoms. The first kappa shape index (κ1) is 46.0. The number of halogens is 2. The third-order valence-corrected chi connectivity index (χ3v) is 9.52. The Hall–Kier alpha value is -4.40. The SMILES string of the molecule is COC(=O)CCCCCC(OCc1ccc(Br)cc1)C(=O)Nc1ccccc1.O=C(CCCCCC(OCc1ccc(Br)cc1)C(=O)Nc1ccccc1)NO. The Morgan fingerprint density at radius 3 is 1.38 bits per heavy atom. The quantitative estimate of drug-likeness (QED) is 0.0264. The van der Waals surface area contributed by atoms with E-state index in [4.69, 9.17) is 14.7 Å². The van der Waals surface area contributed by atoms with Crippen molar-refractivity contribution < 1.29 is 38.6 Å². The van der Waals surface area contributed by atoms with E-state index in [-0.39, 0.29) is 24.2 Å². The van der Waals surface area contributed by atoms with Crippen LogP contribution in [0.4, 0.5) is 11.4 Å². The first-order valence-electron chi connectivity index (χ1n) is 18.6. The average Bonchev–Trinajstić information content (AvgIpc) is 3.21. The van der Waals surface area contributed by atoms with Gasteiger partial charge in [0.1, 0.15) is 12.2 Å². The van der Waals surface area contributed by atoms with E-state index in [0.717, 1.165) is 63.6 Å². The molecule has 2 atom stereocenters. The fraction of sp³-hybridized carbons (Fsp3) is 0.349. The number of hydrogen-bond donors (Lipinski definition) is 4. The molecule has 4 N–H and O–H groups in total. The van der Waals surface area contributed by atoms with Gasteiger partial charge in [-0.05, 0) is 85.3 Å². The number of para-hydroxylation sites is 2. The lowest BCUT2D eigenvalue weighted by atomic mass is 10.1. The topological polar surface area (TPSA) is 152 Å². The van der Waals surface area contributed by atoms with Crippen molar-refractivity contribution in [2.75, 3.05) is 17.7 Å². The molecule has 300 valence electrons. The molecule has 0 bridgehead atoms. The Labute approximate surface area is 346 Å².